The normalized spacial score (nSPS) is 23.7. The van der Waals surface area contributed by atoms with Gasteiger partial charge in [-0.05, 0) is 60.2 Å². The van der Waals surface area contributed by atoms with Crippen molar-refractivity contribution in [3.8, 4) is 0 Å². The molecule has 1 aliphatic rings. The van der Waals surface area contributed by atoms with Gasteiger partial charge in [-0.2, -0.15) is 0 Å². The third-order valence-electron chi connectivity index (χ3n) is 3.43. The highest BCUT2D eigenvalue weighted by atomic mass is 79.9. The Labute approximate surface area is 121 Å². The van der Waals surface area contributed by atoms with Crippen LogP contribution in [0.1, 0.15) is 41.6 Å². The van der Waals surface area contributed by atoms with E-state index in [1.54, 1.807) is 0 Å². The molecule has 1 fully saturated rings. The van der Waals surface area contributed by atoms with E-state index in [-0.39, 0.29) is 17.3 Å². The number of aryl methyl sites for hydroxylation is 1. The second-order valence-electron chi connectivity index (χ2n) is 4.86. The Kier molecular flexibility index (Phi) is 4.68. The molecule has 1 N–H and O–H groups in total. The van der Waals surface area contributed by atoms with E-state index in [4.69, 9.17) is 11.6 Å². The van der Waals surface area contributed by atoms with Crippen LogP contribution in [0.25, 0.3) is 0 Å². The van der Waals surface area contributed by atoms with Gasteiger partial charge in [0.25, 0.3) is 5.91 Å². The van der Waals surface area contributed by atoms with Crippen molar-refractivity contribution in [3.63, 3.8) is 0 Å². The number of carbonyl (C=O) groups excluding carboxylic acids is 1. The number of carbonyl (C=O) groups is 1. The van der Waals surface area contributed by atoms with Crippen molar-refractivity contribution in [1.29, 1.82) is 0 Å². The molecule has 0 heterocycles. The Morgan fingerprint density at radius 1 is 1.33 bits per heavy atom. The fourth-order valence-electron chi connectivity index (χ4n) is 2.28. The molecule has 0 saturated heterocycles. The summed E-state index contributed by atoms with van der Waals surface area (Å²) in [5, 5.41) is 3.38. The predicted octanol–water partition coefficient (Wildman–Crippen LogP) is 4.04. The van der Waals surface area contributed by atoms with Crippen LogP contribution >= 0.6 is 27.5 Å². The van der Waals surface area contributed by atoms with E-state index in [0.717, 1.165) is 35.7 Å². The van der Waals surface area contributed by atoms with Crippen molar-refractivity contribution in [2.24, 2.45) is 0 Å². The van der Waals surface area contributed by atoms with Gasteiger partial charge in [-0.1, -0.05) is 12.1 Å². The maximum atomic E-state index is 12.2. The van der Waals surface area contributed by atoms with E-state index in [1.807, 2.05) is 25.1 Å². The van der Waals surface area contributed by atoms with E-state index in [2.05, 4.69) is 21.2 Å². The lowest BCUT2D eigenvalue weighted by Gasteiger charge is -2.26. The zero-order valence-electron chi connectivity index (χ0n) is 10.4. The molecule has 0 bridgehead atoms. The third kappa shape index (κ3) is 3.27. The largest absolute Gasteiger partial charge is 0.349 e. The van der Waals surface area contributed by atoms with Crippen LogP contribution in [-0.4, -0.2) is 17.3 Å². The molecule has 0 atom stereocenters. The molecular formula is C14H17BrClNO. The van der Waals surface area contributed by atoms with Crippen LogP contribution in [-0.2, 0) is 0 Å². The highest BCUT2D eigenvalue weighted by molar-refractivity contribution is 9.10. The summed E-state index contributed by atoms with van der Waals surface area (Å²) in [7, 11) is 0. The summed E-state index contributed by atoms with van der Waals surface area (Å²) in [5.74, 6) is 0.00333. The minimum Gasteiger partial charge on any atom is -0.349 e. The number of rotatable bonds is 2. The Hall–Kier alpha value is -0.540. The number of hydrogen-bond donors (Lipinski definition) is 1. The molecule has 0 aliphatic heterocycles. The first-order valence-corrected chi connectivity index (χ1v) is 7.51. The third-order valence-corrected chi connectivity index (χ3v) is 4.92. The van der Waals surface area contributed by atoms with Gasteiger partial charge in [0, 0.05) is 15.9 Å². The van der Waals surface area contributed by atoms with E-state index in [9.17, 15) is 4.79 Å². The summed E-state index contributed by atoms with van der Waals surface area (Å²) >= 11 is 9.53. The summed E-state index contributed by atoms with van der Waals surface area (Å²) < 4.78 is 0.883. The smallest absolute Gasteiger partial charge is 0.252 e. The van der Waals surface area contributed by atoms with Crippen LogP contribution in [0.2, 0.25) is 0 Å². The molecule has 1 aliphatic carbocycles. The lowest BCUT2D eigenvalue weighted by Crippen LogP contribution is -2.38. The van der Waals surface area contributed by atoms with Crippen LogP contribution in [0.5, 0.6) is 0 Å². The summed E-state index contributed by atoms with van der Waals surface area (Å²) in [6, 6.07) is 6.00. The second-order valence-corrected chi connectivity index (χ2v) is 6.27. The maximum absolute atomic E-state index is 12.2. The van der Waals surface area contributed by atoms with Gasteiger partial charge >= 0.3 is 0 Å². The molecule has 1 saturated carbocycles. The van der Waals surface area contributed by atoms with Gasteiger partial charge in [-0.25, -0.2) is 0 Å². The van der Waals surface area contributed by atoms with Gasteiger partial charge in [0.2, 0.25) is 0 Å². The molecule has 0 radical (unpaired) electrons. The molecule has 18 heavy (non-hydrogen) atoms. The van der Waals surface area contributed by atoms with Crippen LogP contribution in [0.3, 0.4) is 0 Å². The summed E-state index contributed by atoms with van der Waals surface area (Å²) in [6.45, 7) is 1.99. The summed E-state index contributed by atoms with van der Waals surface area (Å²) in [4.78, 5) is 12.2. The molecule has 0 unspecified atom stereocenters. The van der Waals surface area contributed by atoms with Gasteiger partial charge in [0.1, 0.15) is 0 Å². The molecule has 4 heteroatoms. The van der Waals surface area contributed by atoms with Crippen molar-refractivity contribution >= 4 is 33.4 Å². The van der Waals surface area contributed by atoms with Gasteiger partial charge in [-0.15, -0.1) is 11.6 Å². The maximum Gasteiger partial charge on any atom is 0.252 e. The van der Waals surface area contributed by atoms with Crippen LogP contribution < -0.4 is 5.32 Å². The Bertz CT molecular complexity index is 441. The number of alkyl halides is 1. The SMILES string of the molecule is Cc1cccc(C(=O)NC2CCC(Cl)CC2)c1Br. The zero-order valence-corrected chi connectivity index (χ0v) is 12.7. The van der Waals surface area contributed by atoms with E-state index >= 15 is 0 Å². The Morgan fingerprint density at radius 2 is 2.00 bits per heavy atom. The number of halogens is 2. The average molecular weight is 331 g/mol. The van der Waals surface area contributed by atoms with Crippen molar-refractivity contribution in [2.45, 2.75) is 44.0 Å². The van der Waals surface area contributed by atoms with Gasteiger partial charge in [-0.3, -0.25) is 4.79 Å². The first-order valence-electron chi connectivity index (χ1n) is 6.28. The van der Waals surface area contributed by atoms with Crippen molar-refractivity contribution in [2.75, 3.05) is 0 Å². The average Bonchev–Trinajstić information content (AvgIpc) is 2.35. The van der Waals surface area contributed by atoms with Gasteiger partial charge in [0.05, 0.1) is 5.56 Å². The summed E-state index contributed by atoms with van der Waals surface area (Å²) in [5.41, 5.74) is 1.79. The first-order chi connectivity index (χ1) is 8.58. The van der Waals surface area contributed by atoms with E-state index in [0.29, 0.717) is 5.56 Å². The van der Waals surface area contributed by atoms with Crippen LogP contribution in [0.4, 0.5) is 0 Å². The Morgan fingerprint density at radius 3 is 2.67 bits per heavy atom. The monoisotopic (exact) mass is 329 g/mol. The van der Waals surface area contributed by atoms with Gasteiger partial charge in [0.15, 0.2) is 0 Å². The molecular weight excluding hydrogens is 314 g/mol. The van der Waals surface area contributed by atoms with Gasteiger partial charge < -0.3 is 5.32 Å². The number of nitrogens with one attached hydrogen (secondary N) is 1. The Balaban J connectivity index is 2.01. The van der Waals surface area contributed by atoms with E-state index in [1.165, 1.54) is 0 Å². The van der Waals surface area contributed by atoms with Crippen molar-refractivity contribution in [3.05, 3.63) is 33.8 Å². The molecule has 2 rings (SSSR count). The van der Waals surface area contributed by atoms with Crippen molar-refractivity contribution in [1.82, 2.24) is 5.32 Å². The highest BCUT2D eigenvalue weighted by Gasteiger charge is 2.22. The van der Waals surface area contributed by atoms with Crippen molar-refractivity contribution < 1.29 is 4.79 Å². The number of hydrogen-bond acceptors (Lipinski definition) is 1. The number of amides is 1. The van der Waals surface area contributed by atoms with E-state index < -0.39 is 0 Å². The molecule has 98 valence electrons. The standard InChI is InChI=1S/C14H17BrClNO/c1-9-3-2-4-12(13(9)15)14(18)17-11-7-5-10(16)6-8-11/h2-4,10-11H,5-8H2,1H3,(H,17,18). The lowest BCUT2D eigenvalue weighted by molar-refractivity contribution is 0.0927. The molecule has 0 aromatic heterocycles. The fourth-order valence-corrected chi connectivity index (χ4v) is 2.98. The molecule has 1 amide bonds. The molecule has 1 aromatic carbocycles. The minimum absolute atomic E-state index is 0.00333. The topological polar surface area (TPSA) is 29.1 Å². The first kappa shape index (κ1) is 13.9. The minimum atomic E-state index is 0.00333. The fraction of sp³-hybridized carbons (Fsp3) is 0.500. The quantitative estimate of drug-likeness (QED) is 0.815. The molecule has 0 spiro atoms. The van der Waals surface area contributed by atoms with Crippen LogP contribution in [0, 0.1) is 6.92 Å². The second kappa shape index (κ2) is 6.07. The van der Waals surface area contributed by atoms with Crippen LogP contribution in [0.15, 0.2) is 22.7 Å². The summed E-state index contributed by atoms with van der Waals surface area (Å²) in [6.07, 6.45) is 3.93. The zero-order chi connectivity index (χ0) is 13.1. The number of benzene rings is 1. The molecule has 2 nitrogen and oxygen atoms in total. The molecule has 1 aromatic rings. The lowest BCUT2D eigenvalue weighted by atomic mass is 9.95. The highest BCUT2D eigenvalue weighted by Crippen LogP contribution is 2.24. The predicted molar refractivity (Wildman–Crippen MR) is 78.2 cm³/mol.